The number of carbonyl (C=O) groups is 2. The highest BCUT2D eigenvalue weighted by atomic mass is 32.2. The minimum absolute atomic E-state index is 0.0916. The van der Waals surface area contributed by atoms with Crippen LogP contribution < -0.4 is 14.4 Å². The Morgan fingerprint density at radius 2 is 1.66 bits per heavy atom. The Bertz CT molecular complexity index is 1420. The van der Waals surface area contributed by atoms with E-state index in [-0.39, 0.29) is 17.3 Å². The van der Waals surface area contributed by atoms with E-state index >= 15 is 0 Å². The zero-order chi connectivity index (χ0) is 30.0. The maximum Gasteiger partial charge on any atom is 0.264 e. The average Bonchev–Trinajstić information content (AvgIpc) is 2.98. The molecule has 3 aromatic rings. The Labute approximate surface area is 244 Å². The van der Waals surface area contributed by atoms with Gasteiger partial charge in [-0.25, -0.2) is 8.42 Å². The van der Waals surface area contributed by atoms with E-state index in [0.29, 0.717) is 30.8 Å². The van der Waals surface area contributed by atoms with E-state index in [9.17, 15) is 18.0 Å². The molecule has 0 saturated carbocycles. The second-order valence-electron chi connectivity index (χ2n) is 9.90. The van der Waals surface area contributed by atoms with Crippen LogP contribution in [0.1, 0.15) is 50.3 Å². The summed E-state index contributed by atoms with van der Waals surface area (Å²) in [6.07, 6.45) is 1.69. The van der Waals surface area contributed by atoms with Gasteiger partial charge in [-0.15, -0.1) is 0 Å². The topological polar surface area (TPSA) is 96.0 Å². The first-order chi connectivity index (χ1) is 19.7. The fraction of sp³-hybridized carbons (Fsp3) is 0.375. The third-order valence-electron chi connectivity index (χ3n) is 6.95. The van der Waals surface area contributed by atoms with Crippen LogP contribution >= 0.6 is 0 Å². The number of benzene rings is 3. The van der Waals surface area contributed by atoms with E-state index in [2.05, 4.69) is 5.32 Å². The van der Waals surface area contributed by atoms with Crippen molar-refractivity contribution in [3.05, 3.63) is 89.5 Å². The van der Waals surface area contributed by atoms with Crippen molar-refractivity contribution in [1.82, 2.24) is 10.2 Å². The molecule has 0 bridgehead atoms. The Kier molecular flexibility index (Phi) is 11.3. The third kappa shape index (κ3) is 7.88. The molecule has 0 fully saturated rings. The van der Waals surface area contributed by atoms with Crippen LogP contribution in [0.15, 0.2) is 77.7 Å². The van der Waals surface area contributed by atoms with Gasteiger partial charge >= 0.3 is 0 Å². The van der Waals surface area contributed by atoms with E-state index in [1.165, 1.54) is 9.21 Å². The zero-order valence-corrected chi connectivity index (χ0v) is 25.4. The lowest BCUT2D eigenvalue weighted by molar-refractivity contribution is -0.140. The Balaban J connectivity index is 2.09. The number of nitrogens with one attached hydrogen (secondary N) is 1. The standard InChI is InChI=1S/C32H41N3O5S/c1-6-20-33-32(37)29(8-3)34(22-25-12-11-14-27(21-25)40-5)31(36)23-35(30-15-10-9-13-26(30)7-2)41(38,39)28-18-16-24(4)17-19-28/h9-19,21,29H,6-8,20,22-23H2,1-5H3,(H,33,37). The SMILES string of the molecule is CCCNC(=O)C(CC)N(Cc1cccc(OC)c1)C(=O)CN(c1ccccc1CC)S(=O)(=O)c1ccc(C)cc1. The monoisotopic (exact) mass is 579 g/mol. The van der Waals surface area contributed by atoms with Crippen molar-refractivity contribution in [1.29, 1.82) is 0 Å². The molecule has 0 aromatic heterocycles. The average molecular weight is 580 g/mol. The first kappa shape index (κ1) is 31.7. The van der Waals surface area contributed by atoms with Gasteiger partial charge in [0.25, 0.3) is 10.0 Å². The number of sulfonamides is 1. The number of methoxy groups -OCH3 is 1. The number of ether oxygens (including phenoxy) is 1. The Morgan fingerprint density at radius 3 is 2.29 bits per heavy atom. The van der Waals surface area contributed by atoms with Gasteiger partial charge in [0.15, 0.2) is 0 Å². The number of anilines is 1. The molecular weight excluding hydrogens is 538 g/mol. The molecule has 1 atom stereocenters. The van der Waals surface area contributed by atoms with Crippen LogP contribution in [-0.4, -0.2) is 51.4 Å². The van der Waals surface area contributed by atoms with Crippen LogP contribution in [0.4, 0.5) is 5.69 Å². The van der Waals surface area contributed by atoms with Gasteiger partial charge < -0.3 is 15.0 Å². The molecule has 0 heterocycles. The number of amides is 2. The minimum Gasteiger partial charge on any atom is -0.497 e. The molecular formula is C32H41N3O5S. The first-order valence-electron chi connectivity index (χ1n) is 14.0. The summed E-state index contributed by atoms with van der Waals surface area (Å²) >= 11 is 0. The van der Waals surface area contributed by atoms with E-state index in [1.807, 2.05) is 58.0 Å². The van der Waals surface area contributed by atoms with Crippen molar-refractivity contribution in [2.45, 2.75) is 64.4 Å². The smallest absolute Gasteiger partial charge is 0.264 e. The summed E-state index contributed by atoms with van der Waals surface area (Å²) < 4.78 is 34.7. The Hall–Kier alpha value is -3.85. The van der Waals surface area contributed by atoms with E-state index < -0.39 is 28.5 Å². The summed E-state index contributed by atoms with van der Waals surface area (Å²) in [4.78, 5) is 29.0. The fourth-order valence-corrected chi connectivity index (χ4v) is 6.11. The number of para-hydroxylation sites is 1. The molecule has 0 radical (unpaired) electrons. The molecule has 3 rings (SSSR count). The van der Waals surface area contributed by atoms with Crippen LogP contribution in [-0.2, 0) is 32.6 Å². The summed E-state index contributed by atoms with van der Waals surface area (Å²) in [5, 5.41) is 2.90. The quantitative estimate of drug-likeness (QED) is 0.287. The van der Waals surface area contributed by atoms with Crippen molar-refractivity contribution in [2.75, 3.05) is 24.5 Å². The summed E-state index contributed by atoms with van der Waals surface area (Å²) in [5.74, 6) is -0.126. The first-order valence-corrected chi connectivity index (χ1v) is 15.5. The summed E-state index contributed by atoms with van der Waals surface area (Å²) in [6, 6.07) is 20.3. The highest BCUT2D eigenvalue weighted by Gasteiger charge is 2.34. The molecule has 0 spiro atoms. The van der Waals surface area contributed by atoms with Crippen molar-refractivity contribution >= 4 is 27.5 Å². The van der Waals surface area contributed by atoms with E-state index in [1.54, 1.807) is 49.6 Å². The second kappa shape index (κ2) is 14.7. The largest absolute Gasteiger partial charge is 0.497 e. The van der Waals surface area contributed by atoms with Gasteiger partial charge in [0, 0.05) is 13.1 Å². The predicted octanol–water partition coefficient (Wildman–Crippen LogP) is 5.09. The minimum atomic E-state index is -4.12. The molecule has 3 aromatic carbocycles. The lowest BCUT2D eigenvalue weighted by atomic mass is 10.1. The van der Waals surface area contributed by atoms with Crippen LogP contribution in [0.5, 0.6) is 5.75 Å². The molecule has 0 aliphatic heterocycles. The van der Waals surface area contributed by atoms with Gasteiger partial charge in [-0.3, -0.25) is 13.9 Å². The molecule has 8 nitrogen and oxygen atoms in total. The molecule has 0 aliphatic rings. The van der Waals surface area contributed by atoms with Crippen molar-refractivity contribution in [3.8, 4) is 5.75 Å². The van der Waals surface area contributed by atoms with Crippen LogP contribution in [0, 0.1) is 6.92 Å². The van der Waals surface area contributed by atoms with Gasteiger partial charge in [-0.2, -0.15) is 0 Å². The maximum absolute atomic E-state index is 14.2. The van der Waals surface area contributed by atoms with Gasteiger partial charge in [-0.1, -0.05) is 68.8 Å². The van der Waals surface area contributed by atoms with E-state index in [0.717, 1.165) is 23.1 Å². The lowest BCUT2D eigenvalue weighted by Gasteiger charge is -2.33. The van der Waals surface area contributed by atoms with Crippen LogP contribution in [0.25, 0.3) is 0 Å². The van der Waals surface area contributed by atoms with Crippen molar-refractivity contribution in [2.24, 2.45) is 0 Å². The second-order valence-corrected chi connectivity index (χ2v) is 11.8. The summed E-state index contributed by atoms with van der Waals surface area (Å²) in [6.45, 7) is 7.76. The molecule has 9 heteroatoms. The molecule has 220 valence electrons. The number of carbonyl (C=O) groups excluding carboxylic acids is 2. The number of rotatable bonds is 14. The summed E-state index contributed by atoms with van der Waals surface area (Å²) in [5.41, 5.74) is 2.92. The molecule has 0 saturated heterocycles. The highest BCUT2D eigenvalue weighted by Crippen LogP contribution is 2.28. The predicted molar refractivity (Wildman–Crippen MR) is 162 cm³/mol. The van der Waals surface area contributed by atoms with Gasteiger partial charge in [0.1, 0.15) is 18.3 Å². The van der Waals surface area contributed by atoms with Gasteiger partial charge in [0.05, 0.1) is 17.7 Å². The number of aryl methyl sites for hydroxylation is 2. The molecule has 1 unspecified atom stereocenters. The maximum atomic E-state index is 14.2. The van der Waals surface area contributed by atoms with Crippen LogP contribution in [0.3, 0.4) is 0 Å². The Morgan fingerprint density at radius 1 is 0.951 bits per heavy atom. The molecule has 2 amide bonds. The third-order valence-corrected chi connectivity index (χ3v) is 8.73. The van der Waals surface area contributed by atoms with Crippen molar-refractivity contribution < 1.29 is 22.7 Å². The zero-order valence-electron chi connectivity index (χ0n) is 24.6. The lowest BCUT2D eigenvalue weighted by Crippen LogP contribution is -2.52. The van der Waals surface area contributed by atoms with Gasteiger partial charge in [-0.05, 0) is 67.6 Å². The number of hydrogen-bond donors (Lipinski definition) is 1. The highest BCUT2D eigenvalue weighted by molar-refractivity contribution is 7.92. The van der Waals surface area contributed by atoms with E-state index in [4.69, 9.17) is 4.74 Å². The molecule has 1 N–H and O–H groups in total. The number of nitrogens with zero attached hydrogens (tertiary/aromatic N) is 2. The molecule has 41 heavy (non-hydrogen) atoms. The molecule has 0 aliphatic carbocycles. The fourth-order valence-electron chi connectivity index (χ4n) is 4.66. The van der Waals surface area contributed by atoms with Gasteiger partial charge in [0.2, 0.25) is 11.8 Å². The summed E-state index contributed by atoms with van der Waals surface area (Å²) in [7, 11) is -2.55. The van der Waals surface area contributed by atoms with Crippen LogP contribution in [0.2, 0.25) is 0 Å². The normalized spacial score (nSPS) is 11.9. The number of hydrogen-bond acceptors (Lipinski definition) is 5. The van der Waals surface area contributed by atoms with Crippen molar-refractivity contribution in [3.63, 3.8) is 0 Å².